The molecule has 0 aromatic heterocycles. The topological polar surface area (TPSA) is 37.2 Å². The van der Waals surface area contributed by atoms with Crippen LogP contribution in [0, 0.1) is 0 Å². The van der Waals surface area contributed by atoms with E-state index in [1.54, 1.807) is 7.11 Å². The number of nitrogens with zero attached hydrogens (tertiary/aromatic N) is 3. The number of hydrogen-bond donors (Lipinski definition) is 0. The average Bonchev–Trinajstić information content (AvgIpc) is 2.83. The smallest absolute Gasteiger partial charge is 0.119 e. The molecule has 4 nitrogen and oxygen atoms in total. The highest BCUT2D eigenvalue weighted by Crippen LogP contribution is 2.39. The van der Waals surface area contributed by atoms with E-state index in [4.69, 9.17) is 9.73 Å². The van der Waals surface area contributed by atoms with E-state index in [2.05, 4.69) is 31.1 Å². The predicted octanol–water partition coefficient (Wildman–Crippen LogP) is 4.18. The van der Waals surface area contributed by atoms with Crippen LogP contribution in [0.5, 0.6) is 5.75 Å². The molecule has 0 fully saturated rings. The van der Waals surface area contributed by atoms with E-state index in [1.807, 2.05) is 54.7 Å². The van der Waals surface area contributed by atoms with Gasteiger partial charge < -0.3 is 4.74 Å². The molecule has 0 bridgehead atoms. The molecule has 2 aromatic rings. The maximum absolute atomic E-state index is 5.18. The minimum atomic E-state index is -0.124. The second-order valence-electron chi connectivity index (χ2n) is 6.11. The summed E-state index contributed by atoms with van der Waals surface area (Å²) in [5.41, 5.74) is 4.12. The monoisotopic (exact) mass is 307 g/mol. The molecule has 118 valence electrons. The molecule has 23 heavy (non-hydrogen) atoms. The molecule has 1 aliphatic heterocycles. The fraction of sp³-hybridized carbons (Fsp3) is 0.263. The van der Waals surface area contributed by atoms with Gasteiger partial charge in [-0.05, 0) is 35.9 Å². The average molecular weight is 307 g/mol. The molecule has 4 heteroatoms. The Bertz CT molecular complexity index is 760. The molecule has 2 aromatic carbocycles. The maximum atomic E-state index is 5.18. The van der Waals surface area contributed by atoms with E-state index in [9.17, 15) is 0 Å². The third-order valence-corrected chi connectivity index (χ3v) is 4.26. The molecule has 0 saturated carbocycles. The molecule has 0 unspecified atom stereocenters. The van der Waals surface area contributed by atoms with E-state index in [1.165, 1.54) is 5.56 Å². The lowest BCUT2D eigenvalue weighted by Gasteiger charge is -2.20. The fourth-order valence-corrected chi connectivity index (χ4v) is 2.70. The first-order chi connectivity index (χ1) is 11.0. The van der Waals surface area contributed by atoms with Gasteiger partial charge in [0.15, 0.2) is 0 Å². The zero-order valence-corrected chi connectivity index (χ0v) is 13.9. The number of hydrazone groups is 1. The van der Waals surface area contributed by atoms with Crippen LogP contribution < -0.4 is 9.75 Å². The van der Waals surface area contributed by atoms with Crippen LogP contribution in [0.3, 0.4) is 0 Å². The zero-order chi connectivity index (χ0) is 16.4. The molecular weight excluding hydrogens is 286 g/mol. The van der Waals surface area contributed by atoms with Crippen molar-refractivity contribution in [2.75, 3.05) is 19.2 Å². The minimum Gasteiger partial charge on any atom is -0.497 e. The van der Waals surface area contributed by atoms with Gasteiger partial charge in [-0.15, -0.1) is 0 Å². The van der Waals surface area contributed by atoms with Crippen molar-refractivity contribution in [3.63, 3.8) is 0 Å². The van der Waals surface area contributed by atoms with E-state index in [-0.39, 0.29) is 5.41 Å². The third-order valence-electron chi connectivity index (χ3n) is 4.26. The highest BCUT2D eigenvalue weighted by molar-refractivity contribution is 6.36. The van der Waals surface area contributed by atoms with Gasteiger partial charge in [0.1, 0.15) is 5.75 Å². The number of fused-ring (bicyclic) bond motifs is 1. The number of ether oxygens (including phenoxy) is 1. The van der Waals surface area contributed by atoms with Crippen molar-refractivity contribution in [3.8, 4) is 5.75 Å². The Balaban J connectivity index is 1.80. The van der Waals surface area contributed by atoms with Crippen molar-refractivity contribution < 1.29 is 4.74 Å². The van der Waals surface area contributed by atoms with Crippen LogP contribution in [-0.2, 0) is 5.41 Å². The number of methoxy groups -OCH3 is 1. The van der Waals surface area contributed by atoms with Crippen molar-refractivity contribution in [2.45, 2.75) is 19.3 Å². The first kappa shape index (κ1) is 15.3. The summed E-state index contributed by atoms with van der Waals surface area (Å²) in [6, 6.07) is 16.1. The Morgan fingerprint density at radius 3 is 2.43 bits per heavy atom. The summed E-state index contributed by atoms with van der Waals surface area (Å²) >= 11 is 0. The van der Waals surface area contributed by atoms with Crippen LogP contribution in [-0.4, -0.2) is 26.1 Å². The van der Waals surface area contributed by atoms with Gasteiger partial charge in [0.25, 0.3) is 0 Å². The third kappa shape index (κ3) is 2.84. The van der Waals surface area contributed by atoms with Crippen LogP contribution in [0.2, 0.25) is 0 Å². The Morgan fingerprint density at radius 1 is 1.09 bits per heavy atom. The van der Waals surface area contributed by atoms with Gasteiger partial charge in [-0.1, -0.05) is 32.0 Å². The minimum absolute atomic E-state index is 0.124. The zero-order valence-electron chi connectivity index (χ0n) is 13.9. The largest absolute Gasteiger partial charge is 0.497 e. The molecule has 0 amide bonds. The second kappa shape index (κ2) is 5.88. The van der Waals surface area contributed by atoms with E-state index in [0.717, 1.165) is 22.8 Å². The van der Waals surface area contributed by atoms with E-state index < -0.39 is 0 Å². The van der Waals surface area contributed by atoms with Gasteiger partial charge in [0.05, 0.1) is 30.4 Å². The SMILES string of the molecule is COc1ccc(N(C)/N=C/C2=Nc3ccccc3C2(C)C)cc1. The van der Waals surface area contributed by atoms with Gasteiger partial charge in [-0.3, -0.25) is 10.0 Å². The Hall–Kier alpha value is -2.62. The summed E-state index contributed by atoms with van der Waals surface area (Å²) in [5.74, 6) is 0.836. The summed E-state index contributed by atoms with van der Waals surface area (Å²) in [6.07, 6.45) is 1.85. The van der Waals surface area contributed by atoms with Crippen LogP contribution >= 0.6 is 0 Å². The molecule has 3 rings (SSSR count). The maximum Gasteiger partial charge on any atom is 0.119 e. The Kier molecular flexibility index (Phi) is 3.90. The molecule has 0 saturated heterocycles. The molecule has 0 atom stereocenters. The summed E-state index contributed by atoms with van der Waals surface area (Å²) in [5, 5.41) is 6.38. The molecular formula is C19H21N3O. The lowest BCUT2D eigenvalue weighted by atomic mass is 9.82. The number of para-hydroxylation sites is 1. The quantitative estimate of drug-likeness (QED) is 0.627. The highest BCUT2D eigenvalue weighted by atomic mass is 16.5. The summed E-state index contributed by atoms with van der Waals surface area (Å²) in [6.45, 7) is 4.36. The van der Waals surface area contributed by atoms with Crippen LogP contribution in [0.25, 0.3) is 0 Å². The predicted molar refractivity (Wildman–Crippen MR) is 96.5 cm³/mol. The second-order valence-corrected chi connectivity index (χ2v) is 6.11. The summed E-state index contributed by atoms with van der Waals surface area (Å²) in [4.78, 5) is 4.72. The molecule has 1 aliphatic rings. The number of rotatable bonds is 4. The summed E-state index contributed by atoms with van der Waals surface area (Å²) in [7, 11) is 3.59. The molecule has 0 N–H and O–H groups in total. The molecule has 0 aliphatic carbocycles. The Labute approximate surface area is 137 Å². The van der Waals surface area contributed by atoms with Crippen molar-refractivity contribution in [3.05, 3.63) is 54.1 Å². The van der Waals surface area contributed by atoms with Crippen molar-refractivity contribution in [1.82, 2.24) is 0 Å². The lowest BCUT2D eigenvalue weighted by molar-refractivity contribution is 0.415. The number of benzene rings is 2. The van der Waals surface area contributed by atoms with E-state index >= 15 is 0 Å². The van der Waals surface area contributed by atoms with Crippen LogP contribution in [0.4, 0.5) is 11.4 Å². The van der Waals surface area contributed by atoms with Gasteiger partial charge in [0, 0.05) is 12.5 Å². The van der Waals surface area contributed by atoms with E-state index in [0.29, 0.717) is 0 Å². The fourth-order valence-electron chi connectivity index (χ4n) is 2.70. The standard InChI is InChI=1S/C19H21N3O/c1-19(2)16-7-5-6-8-17(16)21-18(19)13-20-22(3)14-9-11-15(23-4)12-10-14/h5-13H,1-4H3/b20-13+. The van der Waals surface area contributed by atoms with Gasteiger partial charge in [0.2, 0.25) is 0 Å². The van der Waals surface area contributed by atoms with Crippen LogP contribution in [0.15, 0.2) is 58.6 Å². The first-order valence-electron chi connectivity index (χ1n) is 7.63. The van der Waals surface area contributed by atoms with Crippen molar-refractivity contribution >= 4 is 23.3 Å². The molecule has 0 spiro atoms. The van der Waals surface area contributed by atoms with Crippen LogP contribution in [0.1, 0.15) is 19.4 Å². The highest BCUT2D eigenvalue weighted by Gasteiger charge is 2.33. The van der Waals surface area contributed by atoms with Crippen molar-refractivity contribution in [2.24, 2.45) is 10.1 Å². The summed E-state index contributed by atoms with van der Waals surface area (Å²) < 4.78 is 5.18. The number of aliphatic imine (C=N–C) groups is 1. The lowest BCUT2D eigenvalue weighted by Crippen LogP contribution is -2.27. The molecule has 0 radical (unpaired) electrons. The first-order valence-corrected chi connectivity index (χ1v) is 7.63. The van der Waals surface area contributed by atoms with Gasteiger partial charge in [-0.2, -0.15) is 5.10 Å². The van der Waals surface area contributed by atoms with Gasteiger partial charge in [-0.25, -0.2) is 0 Å². The Morgan fingerprint density at radius 2 is 1.78 bits per heavy atom. The number of hydrogen-bond acceptors (Lipinski definition) is 4. The van der Waals surface area contributed by atoms with Crippen molar-refractivity contribution in [1.29, 1.82) is 0 Å². The number of anilines is 1. The van der Waals surface area contributed by atoms with Gasteiger partial charge >= 0.3 is 0 Å². The molecule has 1 heterocycles. The normalized spacial score (nSPS) is 15.4.